The molecule has 3 aromatic rings. The first-order valence-electron chi connectivity index (χ1n) is 7.62. The van der Waals surface area contributed by atoms with Gasteiger partial charge in [-0.05, 0) is 51.8 Å². The fourth-order valence-electron chi connectivity index (χ4n) is 2.73. The van der Waals surface area contributed by atoms with Crippen molar-refractivity contribution in [3.05, 3.63) is 66.7 Å². The van der Waals surface area contributed by atoms with E-state index < -0.39 is 20.2 Å². The van der Waals surface area contributed by atoms with Gasteiger partial charge in [0.15, 0.2) is 0 Å². The van der Waals surface area contributed by atoms with Gasteiger partial charge < -0.3 is 0 Å². The predicted molar refractivity (Wildman–Crippen MR) is 113 cm³/mol. The topological polar surface area (TPSA) is 109 Å². The van der Waals surface area contributed by atoms with Crippen LogP contribution in [0.5, 0.6) is 0 Å². The molecule has 0 radical (unpaired) electrons. The SMILES string of the molecule is O=S(=O)(O)c1ccc(-c2cccc(P)c2-c2ccc(S(=O)(=O)O)cc2)cc1.[KH]. The van der Waals surface area contributed by atoms with Crippen molar-refractivity contribution in [2.75, 3.05) is 0 Å². The number of benzene rings is 3. The summed E-state index contributed by atoms with van der Waals surface area (Å²) in [6.07, 6.45) is 0. The molecule has 0 aliphatic carbocycles. The Morgan fingerprint density at radius 2 is 1.07 bits per heavy atom. The van der Waals surface area contributed by atoms with Gasteiger partial charge in [0.25, 0.3) is 20.2 Å². The number of hydrogen-bond acceptors (Lipinski definition) is 4. The summed E-state index contributed by atoms with van der Waals surface area (Å²) < 4.78 is 63.1. The van der Waals surface area contributed by atoms with Gasteiger partial charge in [0.1, 0.15) is 0 Å². The summed E-state index contributed by atoms with van der Waals surface area (Å²) in [6.45, 7) is 0. The van der Waals surface area contributed by atoms with Crippen molar-refractivity contribution >= 4 is 86.2 Å². The Bertz CT molecular complexity index is 1210. The fourth-order valence-corrected chi connectivity index (χ4v) is 4.13. The summed E-state index contributed by atoms with van der Waals surface area (Å²) in [5.74, 6) is 0. The molecule has 0 aliphatic rings. The third kappa shape index (κ3) is 5.37. The van der Waals surface area contributed by atoms with Crippen molar-refractivity contribution in [3.8, 4) is 22.3 Å². The molecule has 28 heavy (non-hydrogen) atoms. The molecule has 0 saturated heterocycles. The van der Waals surface area contributed by atoms with Crippen LogP contribution in [0.25, 0.3) is 22.3 Å². The minimum absolute atomic E-state index is 0. The van der Waals surface area contributed by atoms with Crippen molar-refractivity contribution in [1.82, 2.24) is 0 Å². The van der Waals surface area contributed by atoms with E-state index in [0.29, 0.717) is 0 Å². The molecule has 0 fully saturated rings. The number of rotatable bonds is 4. The van der Waals surface area contributed by atoms with Gasteiger partial charge in [-0.1, -0.05) is 42.5 Å². The monoisotopic (exact) mass is 462 g/mol. The molecule has 0 bridgehead atoms. The Balaban J connectivity index is 0.00000280. The van der Waals surface area contributed by atoms with Gasteiger partial charge in [-0.3, -0.25) is 9.11 Å². The number of hydrogen-bond donors (Lipinski definition) is 2. The first kappa shape index (κ1) is 23.8. The zero-order valence-corrected chi connectivity index (χ0v) is 16.6. The van der Waals surface area contributed by atoms with Crippen LogP contribution in [0.1, 0.15) is 0 Å². The van der Waals surface area contributed by atoms with Crippen LogP contribution in [0.3, 0.4) is 0 Å². The van der Waals surface area contributed by atoms with E-state index in [0.717, 1.165) is 27.6 Å². The molecule has 0 aliphatic heterocycles. The molecule has 3 aromatic carbocycles. The van der Waals surface area contributed by atoms with Crippen LogP contribution in [0.2, 0.25) is 0 Å². The van der Waals surface area contributed by atoms with Crippen molar-refractivity contribution < 1.29 is 25.9 Å². The molecule has 3 rings (SSSR count). The summed E-state index contributed by atoms with van der Waals surface area (Å²) in [5, 5.41) is 0.853. The van der Waals surface area contributed by atoms with Crippen LogP contribution in [0, 0.1) is 0 Å². The van der Waals surface area contributed by atoms with E-state index in [1.54, 1.807) is 24.3 Å². The van der Waals surface area contributed by atoms with E-state index in [1.165, 1.54) is 24.3 Å². The van der Waals surface area contributed by atoms with Gasteiger partial charge in [-0.15, -0.1) is 9.24 Å². The van der Waals surface area contributed by atoms with Gasteiger partial charge in [-0.2, -0.15) is 16.8 Å². The second-order valence-electron chi connectivity index (χ2n) is 5.77. The summed E-state index contributed by atoms with van der Waals surface area (Å²) in [5.41, 5.74) is 3.05. The summed E-state index contributed by atoms with van der Waals surface area (Å²) in [7, 11) is -5.95. The Kier molecular flexibility index (Phi) is 7.77. The fraction of sp³-hybridized carbons (Fsp3) is 0. The van der Waals surface area contributed by atoms with E-state index >= 15 is 0 Å². The van der Waals surface area contributed by atoms with Crippen LogP contribution < -0.4 is 5.30 Å². The van der Waals surface area contributed by atoms with E-state index in [-0.39, 0.29) is 61.2 Å². The molecule has 142 valence electrons. The van der Waals surface area contributed by atoms with Crippen molar-refractivity contribution in [1.29, 1.82) is 0 Å². The van der Waals surface area contributed by atoms with Crippen LogP contribution in [0.4, 0.5) is 0 Å². The second kappa shape index (κ2) is 9.14. The standard InChI is InChI=1S/C18H15O6PS2.K.H/c19-26(20,21)14-8-4-12(5-9-14)16-2-1-3-17(25)18(16)13-6-10-15(11-7-13)27(22,23)24;;/h1-11H,25H2,(H,19,20,21)(H,22,23,24);;. The molecule has 10 heteroatoms. The molecular weight excluding hydrogens is 446 g/mol. The van der Waals surface area contributed by atoms with Crippen molar-refractivity contribution in [3.63, 3.8) is 0 Å². The minimum atomic E-state index is -4.28. The zero-order valence-electron chi connectivity index (χ0n) is 13.8. The maximum atomic E-state index is 11.2. The average molecular weight is 463 g/mol. The third-order valence-electron chi connectivity index (χ3n) is 4.00. The van der Waals surface area contributed by atoms with Gasteiger partial charge in [-0.25, -0.2) is 0 Å². The van der Waals surface area contributed by atoms with Gasteiger partial charge in [0.05, 0.1) is 9.79 Å². The predicted octanol–water partition coefficient (Wildman–Crippen LogP) is 2.37. The van der Waals surface area contributed by atoms with Crippen molar-refractivity contribution in [2.45, 2.75) is 9.79 Å². The Hall–Kier alpha value is -0.454. The Labute approximate surface area is 208 Å². The van der Waals surface area contributed by atoms with E-state index in [2.05, 4.69) is 9.24 Å². The van der Waals surface area contributed by atoms with E-state index in [9.17, 15) is 16.8 Å². The molecule has 0 aromatic heterocycles. The summed E-state index contributed by atoms with van der Waals surface area (Å²) in [4.78, 5) is -0.404. The molecule has 0 spiro atoms. The molecule has 0 amide bonds. The molecule has 0 heterocycles. The second-order valence-corrected chi connectivity index (χ2v) is 9.23. The summed E-state index contributed by atoms with van der Waals surface area (Å²) >= 11 is 0. The Morgan fingerprint density at radius 3 is 1.50 bits per heavy atom. The molecule has 2 N–H and O–H groups in total. The van der Waals surface area contributed by atoms with Crippen LogP contribution in [-0.4, -0.2) is 77.3 Å². The van der Waals surface area contributed by atoms with Gasteiger partial charge in [0.2, 0.25) is 0 Å². The first-order chi connectivity index (χ1) is 12.6. The third-order valence-corrected chi connectivity index (χ3v) is 6.22. The molecule has 1 atom stereocenters. The van der Waals surface area contributed by atoms with Gasteiger partial charge in [0, 0.05) is 0 Å². The molecular formula is C18H16KO6PS2. The average Bonchev–Trinajstić information content (AvgIpc) is 2.60. The van der Waals surface area contributed by atoms with Crippen LogP contribution in [-0.2, 0) is 20.2 Å². The normalized spacial score (nSPS) is 11.7. The van der Waals surface area contributed by atoms with E-state index in [4.69, 9.17) is 9.11 Å². The molecule has 6 nitrogen and oxygen atoms in total. The van der Waals surface area contributed by atoms with Crippen molar-refractivity contribution in [2.24, 2.45) is 0 Å². The van der Waals surface area contributed by atoms with Gasteiger partial charge >= 0.3 is 51.4 Å². The maximum absolute atomic E-state index is 11.2. The molecule has 0 saturated carbocycles. The van der Waals surface area contributed by atoms with Crippen LogP contribution in [0.15, 0.2) is 76.5 Å². The first-order valence-corrected chi connectivity index (χ1v) is 11.1. The van der Waals surface area contributed by atoms with Crippen LogP contribution >= 0.6 is 9.24 Å². The molecule has 1 unspecified atom stereocenters. The Morgan fingerprint density at radius 1 is 0.643 bits per heavy atom. The zero-order chi connectivity index (χ0) is 19.8. The quantitative estimate of drug-likeness (QED) is 0.350. The van der Waals surface area contributed by atoms with E-state index in [1.807, 2.05) is 18.2 Å². The summed E-state index contributed by atoms with van der Waals surface area (Å²) in [6, 6.07) is 17.1.